The van der Waals surface area contributed by atoms with Crippen molar-refractivity contribution in [3.05, 3.63) is 0 Å². The Morgan fingerprint density at radius 1 is 0.581 bits per heavy atom. The zero-order valence-corrected chi connectivity index (χ0v) is 21.2. The summed E-state index contributed by atoms with van der Waals surface area (Å²) in [6.07, 6.45) is 21.4. The first-order valence-electron chi connectivity index (χ1n) is 13.3. The van der Waals surface area contributed by atoms with Gasteiger partial charge >= 0.3 is 11.9 Å². The molecule has 0 aliphatic heterocycles. The van der Waals surface area contributed by atoms with Crippen molar-refractivity contribution in [2.75, 3.05) is 6.61 Å². The molecule has 1 atom stereocenters. The van der Waals surface area contributed by atoms with E-state index in [1.807, 2.05) is 20.8 Å². The highest BCUT2D eigenvalue weighted by Gasteiger charge is 2.14. The molecule has 0 spiro atoms. The van der Waals surface area contributed by atoms with Gasteiger partial charge < -0.3 is 9.47 Å². The minimum atomic E-state index is -0.319. The highest BCUT2D eigenvalue weighted by molar-refractivity contribution is 5.77. The van der Waals surface area contributed by atoms with E-state index in [1.54, 1.807) is 0 Å². The van der Waals surface area contributed by atoms with E-state index in [-0.39, 0.29) is 36.8 Å². The topological polar surface area (TPSA) is 52.6 Å². The molecule has 0 rings (SSSR count). The van der Waals surface area contributed by atoms with E-state index >= 15 is 0 Å². The maximum atomic E-state index is 11.7. The van der Waals surface area contributed by atoms with Crippen LogP contribution in [-0.2, 0) is 19.1 Å². The number of unbranched alkanes of at least 4 members (excludes halogenated alkanes) is 15. The van der Waals surface area contributed by atoms with Crippen LogP contribution in [0.5, 0.6) is 0 Å². The Hall–Kier alpha value is -1.06. The average Bonchev–Trinajstić information content (AvgIpc) is 2.74. The van der Waals surface area contributed by atoms with Crippen molar-refractivity contribution in [1.29, 1.82) is 0 Å². The van der Waals surface area contributed by atoms with E-state index < -0.39 is 0 Å². The molecular weight excluding hydrogens is 388 g/mol. The molecule has 1 unspecified atom stereocenters. The Morgan fingerprint density at radius 2 is 0.968 bits per heavy atom. The fraction of sp³-hybridized carbons (Fsp3) is 0.926. The van der Waals surface area contributed by atoms with Crippen LogP contribution in [0.3, 0.4) is 0 Å². The number of hydrogen-bond donors (Lipinski definition) is 0. The summed E-state index contributed by atoms with van der Waals surface area (Å²) in [7, 11) is 0. The highest BCUT2D eigenvalue weighted by Crippen LogP contribution is 2.14. The predicted octanol–water partition coefficient (Wildman–Crippen LogP) is 8.16. The fourth-order valence-electron chi connectivity index (χ4n) is 3.51. The summed E-state index contributed by atoms with van der Waals surface area (Å²) in [6.45, 7) is 8.62. The zero-order chi connectivity index (χ0) is 23.2. The Balaban J connectivity index is 3.28. The van der Waals surface area contributed by atoms with Gasteiger partial charge in [-0.15, -0.1) is 0 Å². The molecular formula is C27H52O4. The second-order valence-electron chi connectivity index (χ2n) is 9.46. The van der Waals surface area contributed by atoms with Crippen LogP contribution in [0.15, 0.2) is 0 Å². The maximum absolute atomic E-state index is 11.7. The van der Waals surface area contributed by atoms with E-state index in [4.69, 9.17) is 9.47 Å². The molecule has 0 radical (unpaired) electrons. The molecule has 184 valence electrons. The van der Waals surface area contributed by atoms with Crippen molar-refractivity contribution in [1.82, 2.24) is 0 Å². The molecule has 0 aliphatic rings. The first-order valence-corrected chi connectivity index (χ1v) is 13.3. The predicted molar refractivity (Wildman–Crippen MR) is 130 cm³/mol. The molecule has 0 aliphatic carbocycles. The summed E-state index contributed by atoms with van der Waals surface area (Å²) in [4.78, 5) is 23.4. The lowest BCUT2D eigenvalue weighted by Gasteiger charge is -2.16. The van der Waals surface area contributed by atoms with Gasteiger partial charge in [0.05, 0.1) is 19.4 Å². The molecule has 0 fully saturated rings. The van der Waals surface area contributed by atoms with Crippen LogP contribution in [0, 0.1) is 5.92 Å². The van der Waals surface area contributed by atoms with Crippen LogP contribution < -0.4 is 0 Å². The van der Waals surface area contributed by atoms with Crippen LogP contribution >= 0.6 is 0 Å². The Kier molecular flexibility index (Phi) is 21.4. The minimum absolute atomic E-state index is 0.106. The quantitative estimate of drug-likeness (QED) is 0.126. The normalized spacial score (nSPS) is 12.2. The summed E-state index contributed by atoms with van der Waals surface area (Å²) >= 11 is 0. The summed E-state index contributed by atoms with van der Waals surface area (Å²) in [5.41, 5.74) is 0. The summed E-state index contributed by atoms with van der Waals surface area (Å²) in [6, 6.07) is 0. The van der Waals surface area contributed by atoms with Crippen LogP contribution in [0.1, 0.15) is 143 Å². The van der Waals surface area contributed by atoms with Crippen molar-refractivity contribution in [2.45, 2.75) is 149 Å². The molecule has 0 aromatic carbocycles. The molecule has 4 heteroatoms. The Bertz CT molecular complexity index is 419. The van der Waals surface area contributed by atoms with E-state index in [2.05, 4.69) is 6.92 Å². The molecule has 0 saturated carbocycles. The third-order valence-corrected chi connectivity index (χ3v) is 6.05. The van der Waals surface area contributed by atoms with Gasteiger partial charge in [0.25, 0.3) is 0 Å². The lowest BCUT2D eigenvalue weighted by molar-refractivity contribution is -0.154. The number of esters is 2. The third kappa shape index (κ3) is 21.9. The molecule has 0 N–H and O–H groups in total. The lowest BCUT2D eigenvalue weighted by atomic mass is 10.0. The van der Waals surface area contributed by atoms with E-state index in [9.17, 15) is 9.59 Å². The van der Waals surface area contributed by atoms with Gasteiger partial charge in [-0.2, -0.15) is 0 Å². The zero-order valence-electron chi connectivity index (χ0n) is 21.2. The number of hydrogen-bond acceptors (Lipinski definition) is 4. The van der Waals surface area contributed by atoms with Crippen molar-refractivity contribution in [3.8, 4) is 0 Å². The molecule has 0 aromatic heterocycles. The van der Waals surface area contributed by atoms with Crippen molar-refractivity contribution in [3.63, 3.8) is 0 Å². The summed E-state index contributed by atoms with van der Waals surface area (Å²) < 4.78 is 10.5. The van der Waals surface area contributed by atoms with Crippen LogP contribution in [0.4, 0.5) is 0 Å². The first-order chi connectivity index (χ1) is 15.0. The second-order valence-corrected chi connectivity index (χ2v) is 9.46. The van der Waals surface area contributed by atoms with Gasteiger partial charge in [-0.05, 0) is 19.3 Å². The van der Waals surface area contributed by atoms with E-state index in [0.717, 1.165) is 12.8 Å². The van der Waals surface area contributed by atoms with Gasteiger partial charge in [-0.25, -0.2) is 0 Å². The highest BCUT2D eigenvalue weighted by atomic mass is 16.5. The van der Waals surface area contributed by atoms with Gasteiger partial charge in [0, 0.05) is 0 Å². The number of carbonyl (C=O) groups is 2. The first kappa shape index (κ1) is 29.9. The molecule has 0 heterocycles. The molecule has 0 bridgehead atoms. The fourth-order valence-corrected chi connectivity index (χ4v) is 3.51. The van der Waals surface area contributed by atoms with Crippen LogP contribution in [-0.4, -0.2) is 24.6 Å². The number of carbonyl (C=O) groups excluding carboxylic acids is 2. The van der Waals surface area contributed by atoms with Gasteiger partial charge in [0.1, 0.15) is 6.10 Å². The summed E-state index contributed by atoms with van der Waals surface area (Å²) in [5.74, 6) is -0.332. The third-order valence-electron chi connectivity index (χ3n) is 6.05. The second kappa shape index (κ2) is 22.1. The molecule has 0 amide bonds. The Morgan fingerprint density at radius 3 is 1.39 bits per heavy atom. The smallest absolute Gasteiger partial charge is 0.306 e. The molecule has 31 heavy (non-hydrogen) atoms. The maximum Gasteiger partial charge on any atom is 0.306 e. The number of rotatable bonds is 22. The molecule has 0 aromatic rings. The van der Waals surface area contributed by atoms with Crippen molar-refractivity contribution in [2.24, 2.45) is 5.92 Å². The Labute approximate surface area is 193 Å². The van der Waals surface area contributed by atoms with Gasteiger partial charge in [0.2, 0.25) is 0 Å². The summed E-state index contributed by atoms with van der Waals surface area (Å²) in [5, 5.41) is 0. The minimum Gasteiger partial charge on any atom is -0.466 e. The van der Waals surface area contributed by atoms with Gasteiger partial charge in [-0.3, -0.25) is 9.59 Å². The largest absolute Gasteiger partial charge is 0.466 e. The standard InChI is InChI=1S/C27H52O4/c1-5-6-7-8-9-10-11-12-13-14-15-16-17-18-19-20-23-30-26(28)21-22-27(29)31-25(4)24(2)3/h24-25H,5-23H2,1-4H3. The average molecular weight is 441 g/mol. The lowest BCUT2D eigenvalue weighted by Crippen LogP contribution is -2.20. The van der Waals surface area contributed by atoms with Crippen molar-refractivity contribution < 1.29 is 19.1 Å². The molecule has 4 nitrogen and oxygen atoms in total. The molecule has 0 saturated heterocycles. The monoisotopic (exact) mass is 440 g/mol. The van der Waals surface area contributed by atoms with Crippen LogP contribution in [0.25, 0.3) is 0 Å². The van der Waals surface area contributed by atoms with Gasteiger partial charge in [-0.1, -0.05) is 117 Å². The van der Waals surface area contributed by atoms with Crippen LogP contribution in [0.2, 0.25) is 0 Å². The van der Waals surface area contributed by atoms with E-state index in [0.29, 0.717) is 6.61 Å². The van der Waals surface area contributed by atoms with Gasteiger partial charge in [0.15, 0.2) is 0 Å². The van der Waals surface area contributed by atoms with E-state index in [1.165, 1.54) is 89.9 Å². The van der Waals surface area contributed by atoms with Crippen molar-refractivity contribution >= 4 is 11.9 Å². The number of ether oxygens (including phenoxy) is 2. The SMILES string of the molecule is CCCCCCCCCCCCCCCCCCOC(=O)CCC(=O)OC(C)C(C)C.